The Balaban J connectivity index is 2.04. The molecule has 2 atom stereocenters. The molecule has 18 heavy (non-hydrogen) atoms. The summed E-state index contributed by atoms with van der Waals surface area (Å²) in [7, 11) is 0. The molecule has 1 nitrogen and oxygen atoms in total. The van der Waals surface area contributed by atoms with E-state index in [0.29, 0.717) is 6.04 Å². The SMILES string of the molecule is CC1CC(C)CC(n2ccc3cccc(Cl)c32)C1. The summed E-state index contributed by atoms with van der Waals surface area (Å²) in [6.45, 7) is 4.74. The number of benzene rings is 1. The van der Waals surface area contributed by atoms with Gasteiger partial charge in [0.1, 0.15) is 0 Å². The van der Waals surface area contributed by atoms with Crippen molar-refractivity contribution in [3.05, 3.63) is 35.5 Å². The van der Waals surface area contributed by atoms with Crippen LogP contribution in [0.15, 0.2) is 30.5 Å². The van der Waals surface area contributed by atoms with E-state index in [1.54, 1.807) is 0 Å². The molecule has 0 saturated heterocycles. The van der Waals surface area contributed by atoms with Gasteiger partial charge in [0.15, 0.2) is 0 Å². The van der Waals surface area contributed by atoms with Crippen molar-refractivity contribution in [3.8, 4) is 0 Å². The molecule has 0 aliphatic heterocycles. The predicted molar refractivity (Wildman–Crippen MR) is 78.2 cm³/mol. The molecule has 0 bridgehead atoms. The van der Waals surface area contributed by atoms with Crippen molar-refractivity contribution >= 4 is 22.5 Å². The van der Waals surface area contributed by atoms with Gasteiger partial charge in [-0.05, 0) is 43.2 Å². The zero-order chi connectivity index (χ0) is 12.7. The molecule has 96 valence electrons. The van der Waals surface area contributed by atoms with Crippen LogP contribution in [-0.2, 0) is 0 Å². The number of hydrogen-bond acceptors (Lipinski definition) is 0. The van der Waals surface area contributed by atoms with Crippen LogP contribution >= 0.6 is 11.6 Å². The molecule has 1 aliphatic rings. The molecule has 1 aliphatic carbocycles. The highest BCUT2D eigenvalue weighted by atomic mass is 35.5. The molecular weight excluding hydrogens is 242 g/mol. The Labute approximate surface area is 114 Å². The Hall–Kier alpha value is -0.950. The van der Waals surface area contributed by atoms with Crippen molar-refractivity contribution < 1.29 is 0 Å². The lowest BCUT2D eigenvalue weighted by molar-refractivity contribution is 0.225. The number of para-hydroxylation sites is 1. The summed E-state index contributed by atoms with van der Waals surface area (Å²) in [5.41, 5.74) is 1.21. The fraction of sp³-hybridized carbons (Fsp3) is 0.500. The summed E-state index contributed by atoms with van der Waals surface area (Å²) in [4.78, 5) is 0. The van der Waals surface area contributed by atoms with Gasteiger partial charge >= 0.3 is 0 Å². The van der Waals surface area contributed by atoms with Gasteiger partial charge in [0.2, 0.25) is 0 Å². The van der Waals surface area contributed by atoms with Gasteiger partial charge in [-0.1, -0.05) is 37.6 Å². The Morgan fingerprint density at radius 1 is 1.06 bits per heavy atom. The zero-order valence-corrected chi connectivity index (χ0v) is 11.8. The van der Waals surface area contributed by atoms with E-state index in [0.717, 1.165) is 16.9 Å². The second-order valence-electron chi connectivity index (χ2n) is 5.97. The fourth-order valence-electron chi connectivity index (χ4n) is 3.61. The number of aromatic nitrogens is 1. The third-order valence-electron chi connectivity index (χ3n) is 4.24. The summed E-state index contributed by atoms with van der Waals surface area (Å²) in [5, 5.41) is 2.14. The summed E-state index contributed by atoms with van der Waals surface area (Å²) >= 11 is 6.37. The Morgan fingerprint density at radius 2 is 1.78 bits per heavy atom. The van der Waals surface area contributed by atoms with Gasteiger partial charge in [-0.15, -0.1) is 0 Å². The Morgan fingerprint density at radius 3 is 2.50 bits per heavy atom. The van der Waals surface area contributed by atoms with E-state index in [4.69, 9.17) is 11.6 Å². The second kappa shape index (κ2) is 4.62. The Kier molecular flexibility index (Phi) is 3.11. The maximum atomic E-state index is 6.37. The minimum atomic E-state index is 0.612. The van der Waals surface area contributed by atoms with Crippen molar-refractivity contribution in [3.63, 3.8) is 0 Å². The molecule has 2 unspecified atom stereocenters. The second-order valence-corrected chi connectivity index (χ2v) is 6.38. The molecule has 2 aromatic rings. The minimum absolute atomic E-state index is 0.612. The first kappa shape index (κ1) is 12.1. The maximum absolute atomic E-state index is 6.37. The van der Waals surface area contributed by atoms with Crippen LogP contribution < -0.4 is 0 Å². The molecule has 0 amide bonds. The van der Waals surface area contributed by atoms with Crippen LogP contribution in [0.2, 0.25) is 5.02 Å². The zero-order valence-electron chi connectivity index (χ0n) is 11.1. The van der Waals surface area contributed by atoms with Crippen LogP contribution in [0.4, 0.5) is 0 Å². The van der Waals surface area contributed by atoms with E-state index in [1.165, 1.54) is 30.2 Å². The number of hydrogen-bond donors (Lipinski definition) is 0. The minimum Gasteiger partial charge on any atom is -0.343 e. The average Bonchev–Trinajstić information content (AvgIpc) is 2.73. The summed E-state index contributed by atoms with van der Waals surface area (Å²) in [6.07, 6.45) is 6.13. The molecule has 0 spiro atoms. The van der Waals surface area contributed by atoms with E-state index in [1.807, 2.05) is 12.1 Å². The fourth-order valence-corrected chi connectivity index (χ4v) is 3.89. The Bertz CT molecular complexity index is 547. The lowest BCUT2D eigenvalue weighted by atomic mass is 9.80. The topological polar surface area (TPSA) is 4.93 Å². The number of rotatable bonds is 1. The lowest BCUT2D eigenvalue weighted by Crippen LogP contribution is -2.22. The van der Waals surface area contributed by atoms with Gasteiger partial charge in [-0.3, -0.25) is 0 Å². The van der Waals surface area contributed by atoms with Gasteiger partial charge in [0, 0.05) is 17.6 Å². The quantitative estimate of drug-likeness (QED) is 0.657. The van der Waals surface area contributed by atoms with E-state index in [9.17, 15) is 0 Å². The van der Waals surface area contributed by atoms with Crippen molar-refractivity contribution in [2.24, 2.45) is 11.8 Å². The molecule has 1 aromatic heterocycles. The molecular formula is C16H20ClN. The third-order valence-corrected chi connectivity index (χ3v) is 4.54. The first-order valence-electron chi connectivity index (χ1n) is 6.90. The molecule has 1 aromatic carbocycles. The molecule has 3 rings (SSSR count). The van der Waals surface area contributed by atoms with E-state index < -0.39 is 0 Å². The van der Waals surface area contributed by atoms with E-state index >= 15 is 0 Å². The molecule has 0 radical (unpaired) electrons. The van der Waals surface area contributed by atoms with Crippen LogP contribution in [0.25, 0.3) is 10.9 Å². The molecule has 2 heteroatoms. The van der Waals surface area contributed by atoms with Crippen molar-refractivity contribution in [2.75, 3.05) is 0 Å². The van der Waals surface area contributed by atoms with Crippen molar-refractivity contribution in [1.82, 2.24) is 4.57 Å². The summed E-state index contributed by atoms with van der Waals surface area (Å²) in [5.74, 6) is 1.64. The van der Waals surface area contributed by atoms with Gasteiger partial charge in [0.05, 0.1) is 10.5 Å². The highest BCUT2D eigenvalue weighted by Gasteiger charge is 2.25. The molecule has 1 heterocycles. The predicted octanol–water partition coefficient (Wildman–Crippen LogP) is 5.29. The van der Waals surface area contributed by atoms with Crippen LogP contribution in [0, 0.1) is 11.8 Å². The van der Waals surface area contributed by atoms with Gasteiger partial charge in [-0.2, -0.15) is 0 Å². The van der Waals surface area contributed by atoms with Gasteiger partial charge in [-0.25, -0.2) is 0 Å². The van der Waals surface area contributed by atoms with Gasteiger partial charge in [0.25, 0.3) is 0 Å². The van der Waals surface area contributed by atoms with Crippen LogP contribution in [-0.4, -0.2) is 4.57 Å². The number of nitrogens with zero attached hydrogens (tertiary/aromatic N) is 1. The normalized spacial score (nSPS) is 28.7. The molecule has 1 fully saturated rings. The van der Waals surface area contributed by atoms with E-state index in [-0.39, 0.29) is 0 Å². The smallest absolute Gasteiger partial charge is 0.0672 e. The number of halogens is 1. The van der Waals surface area contributed by atoms with Gasteiger partial charge < -0.3 is 4.57 Å². The standard InChI is InChI=1S/C16H20ClN/c1-11-8-12(2)10-14(9-11)18-7-6-13-4-3-5-15(17)16(13)18/h3-7,11-12,14H,8-10H2,1-2H3. The van der Waals surface area contributed by atoms with Crippen molar-refractivity contribution in [1.29, 1.82) is 0 Å². The third kappa shape index (κ3) is 2.05. The van der Waals surface area contributed by atoms with Crippen LogP contribution in [0.1, 0.15) is 39.2 Å². The van der Waals surface area contributed by atoms with Crippen molar-refractivity contribution in [2.45, 2.75) is 39.2 Å². The monoisotopic (exact) mass is 261 g/mol. The van der Waals surface area contributed by atoms with E-state index in [2.05, 4.69) is 36.7 Å². The molecule has 0 N–H and O–H groups in total. The van der Waals surface area contributed by atoms with Crippen LogP contribution in [0.5, 0.6) is 0 Å². The summed E-state index contributed by atoms with van der Waals surface area (Å²) < 4.78 is 2.41. The first-order chi connectivity index (χ1) is 8.65. The highest BCUT2D eigenvalue weighted by molar-refractivity contribution is 6.35. The van der Waals surface area contributed by atoms with Crippen LogP contribution in [0.3, 0.4) is 0 Å². The largest absolute Gasteiger partial charge is 0.343 e. The highest BCUT2D eigenvalue weighted by Crippen LogP contribution is 2.38. The summed E-state index contributed by atoms with van der Waals surface area (Å²) in [6, 6.07) is 8.97. The average molecular weight is 262 g/mol. The number of fused-ring (bicyclic) bond motifs is 1. The molecule has 1 saturated carbocycles. The lowest BCUT2D eigenvalue weighted by Gasteiger charge is -2.33. The first-order valence-corrected chi connectivity index (χ1v) is 7.28. The maximum Gasteiger partial charge on any atom is 0.0672 e.